The van der Waals surface area contributed by atoms with Crippen molar-refractivity contribution >= 4 is 32.4 Å². The van der Waals surface area contributed by atoms with Gasteiger partial charge in [-0.2, -0.15) is 5.10 Å². The van der Waals surface area contributed by atoms with Crippen molar-refractivity contribution in [1.82, 2.24) is 10.2 Å². The number of rotatable bonds is 3. The third-order valence-electron chi connectivity index (χ3n) is 2.22. The van der Waals surface area contributed by atoms with Gasteiger partial charge in [-0.3, -0.25) is 14.7 Å². The standard InChI is InChI=1S/C11H9FN3O2P/c12-7-1-6(2-8(18)3-7)11(17)14-9-4-13-15-10(9)5-16/h1-5H,18H2,(H,13,15)(H,14,17). The zero-order valence-corrected chi connectivity index (χ0v) is 10.3. The van der Waals surface area contributed by atoms with Crippen molar-refractivity contribution in [2.45, 2.75) is 0 Å². The van der Waals surface area contributed by atoms with Crippen LogP contribution < -0.4 is 10.6 Å². The van der Waals surface area contributed by atoms with Gasteiger partial charge < -0.3 is 5.32 Å². The maximum atomic E-state index is 13.1. The first-order valence-electron chi connectivity index (χ1n) is 4.96. The first-order chi connectivity index (χ1) is 8.60. The largest absolute Gasteiger partial charge is 0.319 e. The highest BCUT2D eigenvalue weighted by molar-refractivity contribution is 7.27. The van der Waals surface area contributed by atoms with E-state index in [1.807, 2.05) is 0 Å². The van der Waals surface area contributed by atoms with Gasteiger partial charge in [0.15, 0.2) is 6.29 Å². The summed E-state index contributed by atoms with van der Waals surface area (Å²) >= 11 is 0. The van der Waals surface area contributed by atoms with E-state index in [4.69, 9.17) is 0 Å². The number of carbonyl (C=O) groups is 2. The molecule has 1 aromatic heterocycles. The minimum atomic E-state index is -0.511. The van der Waals surface area contributed by atoms with Crippen LogP contribution in [0.4, 0.5) is 10.1 Å². The SMILES string of the molecule is O=Cc1[nH]ncc1NC(=O)c1cc(F)cc(P)c1. The lowest BCUT2D eigenvalue weighted by atomic mass is 10.2. The van der Waals surface area contributed by atoms with E-state index in [1.54, 1.807) is 0 Å². The van der Waals surface area contributed by atoms with Crippen molar-refractivity contribution in [2.24, 2.45) is 0 Å². The number of amides is 1. The average Bonchev–Trinajstić information content (AvgIpc) is 2.75. The Morgan fingerprint density at radius 1 is 1.44 bits per heavy atom. The van der Waals surface area contributed by atoms with Gasteiger partial charge in [-0.05, 0) is 23.5 Å². The minimum Gasteiger partial charge on any atom is -0.319 e. The fraction of sp³-hybridized carbons (Fsp3) is 0. The molecule has 1 unspecified atom stereocenters. The predicted octanol–water partition coefficient (Wildman–Crippen LogP) is 1.11. The maximum Gasteiger partial charge on any atom is 0.255 e. The monoisotopic (exact) mass is 265 g/mol. The van der Waals surface area contributed by atoms with Crippen LogP contribution in [-0.4, -0.2) is 22.4 Å². The van der Waals surface area contributed by atoms with Crippen LogP contribution in [0.2, 0.25) is 0 Å². The number of H-pyrrole nitrogens is 1. The molecule has 0 aliphatic rings. The van der Waals surface area contributed by atoms with E-state index in [9.17, 15) is 14.0 Å². The molecule has 1 amide bonds. The Labute approximate surface area is 104 Å². The number of hydrogen-bond acceptors (Lipinski definition) is 3. The molecule has 1 atom stereocenters. The van der Waals surface area contributed by atoms with Crippen LogP contribution in [0, 0.1) is 5.82 Å². The highest BCUT2D eigenvalue weighted by Gasteiger charge is 2.11. The van der Waals surface area contributed by atoms with Gasteiger partial charge in [-0.25, -0.2) is 4.39 Å². The highest BCUT2D eigenvalue weighted by Crippen LogP contribution is 2.12. The number of nitrogens with one attached hydrogen (secondary N) is 2. The van der Waals surface area contributed by atoms with Crippen molar-refractivity contribution in [3.63, 3.8) is 0 Å². The maximum absolute atomic E-state index is 13.1. The molecule has 2 N–H and O–H groups in total. The fourth-order valence-electron chi connectivity index (χ4n) is 1.42. The molecule has 7 heteroatoms. The van der Waals surface area contributed by atoms with Gasteiger partial charge in [0.1, 0.15) is 11.5 Å². The summed E-state index contributed by atoms with van der Waals surface area (Å²) in [6.45, 7) is 0. The number of aldehydes is 1. The minimum absolute atomic E-state index is 0.158. The number of halogens is 1. The van der Waals surface area contributed by atoms with E-state index >= 15 is 0 Å². The Morgan fingerprint density at radius 2 is 2.22 bits per heavy atom. The zero-order chi connectivity index (χ0) is 13.1. The molecule has 0 bridgehead atoms. The second kappa shape index (κ2) is 5.06. The van der Waals surface area contributed by atoms with Crippen LogP contribution in [-0.2, 0) is 0 Å². The molecule has 2 aromatic rings. The molecule has 1 heterocycles. The molecular formula is C11H9FN3O2P. The number of carbonyl (C=O) groups excluding carboxylic acids is 2. The molecule has 18 heavy (non-hydrogen) atoms. The number of anilines is 1. The molecule has 0 fully saturated rings. The molecule has 0 radical (unpaired) electrons. The number of hydrogen-bond donors (Lipinski definition) is 2. The summed E-state index contributed by atoms with van der Waals surface area (Å²) in [6, 6.07) is 3.92. The van der Waals surface area contributed by atoms with Crippen LogP contribution in [0.1, 0.15) is 20.8 Å². The van der Waals surface area contributed by atoms with Gasteiger partial charge in [0.25, 0.3) is 5.91 Å². The second-order valence-corrected chi connectivity index (χ2v) is 4.21. The molecule has 0 saturated heterocycles. The number of aromatic nitrogens is 2. The van der Waals surface area contributed by atoms with E-state index in [0.717, 1.165) is 6.07 Å². The molecule has 0 aliphatic carbocycles. The Balaban J connectivity index is 2.24. The third-order valence-corrected chi connectivity index (χ3v) is 2.55. The van der Waals surface area contributed by atoms with Crippen LogP contribution in [0.15, 0.2) is 24.4 Å². The molecule has 5 nitrogen and oxygen atoms in total. The Kier molecular flexibility index (Phi) is 3.48. The number of nitrogens with zero attached hydrogens (tertiary/aromatic N) is 1. The van der Waals surface area contributed by atoms with Crippen LogP contribution in [0.25, 0.3) is 0 Å². The van der Waals surface area contributed by atoms with Gasteiger partial charge >= 0.3 is 0 Å². The van der Waals surface area contributed by atoms with Gasteiger partial charge in [0, 0.05) is 5.56 Å². The molecule has 0 spiro atoms. The van der Waals surface area contributed by atoms with Crippen molar-refractivity contribution in [3.8, 4) is 0 Å². The summed E-state index contributed by atoms with van der Waals surface area (Å²) in [6.07, 6.45) is 1.85. The van der Waals surface area contributed by atoms with Gasteiger partial charge in [-0.15, -0.1) is 9.24 Å². The molecule has 0 saturated carbocycles. The smallest absolute Gasteiger partial charge is 0.255 e. The number of benzene rings is 1. The summed E-state index contributed by atoms with van der Waals surface area (Å²) in [4.78, 5) is 22.5. The van der Waals surface area contributed by atoms with Crippen LogP contribution >= 0.6 is 9.24 Å². The number of aromatic amines is 1. The molecule has 92 valence electrons. The fourth-order valence-corrected chi connectivity index (χ4v) is 1.76. The van der Waals surface area contributed by atoms with Crippen LogP contribution in [0.3, 0.4) is 0 Å². The lowest BCUT2D eigenvalue weighted by Gasteiger charge is -2.04. The molecule has 1 aromatic carbocycles. The van der Waals surface area contributed by atoms with Gasteiger partial charge in [-0.1, -0.05) is 0 Å². The zero-order valence-electron chi connectivity index (χ0n) is 9.11. The normalized spacial score (nSPS) is 10.1. The average molecular weight is 265 g/mol. The summed E-state index contributed by atoms with van der Waals surface area (Å²) in [5.74, 6) is -1.02. The third kappa shape index (κ3) is 2.60. The Morgan fingerprint density at radius 3 is 2.89 bits per heavy atom. The van der Waals surface area contributed by atoms with Crippen LogP contribution in [0.5, 0.6) is 0 Å². The second-order valence-electron chi connectivity index (χ2n) is 3.54. The summed E-state index contributed by atoms with van der Waals surface area (Å²) in [5, 5.41) is 9.08. The Bertz CT molecular complexity index is 592. The van der Waals surface area contributed by atoms with Crippen molar-refractivity contribution in [1.29, 1.82) is 0 Å². The molecule has 2 rings (SSSR count). The van der Waals surface area contributed by atoms with E-state index in [0.29, 0.717) is 11.6 Å². The summed E-state index contributed by atoms with van der Waals surface area (Å²) in [7, 11) is 2.31. The highest BCUT2D eigenvalue weighted by atomic mass is 31.0. The van der Waals surface area contributed by atoms with E-state index < -0.39 is 11.7 Å². The van der Waals surface area contributed by atoms with Crippen molar-refractivity contribution < 1.29 is 14.0 Å². The quantitative estimate of drug-likeness (QED) is 0.645. The lowest BCUT2D eigenvalue weighted by Crippen LogP contribution is -2.14. The summed E-state index contributed by atoms with van der Waals surface area (Å²) in [5.41, 5.74) is 0.577. The van der Waals surface area contributed by atoms with E-state index in [1.165, 1.54) is 18.3 Å². The van der Waals surface area contributed by atoms with Gasteiger partial charge in [0.2, 0.25) is 0 Å². The molecule has 0 aliphatic heterocycles. The topological polar surface area (TPSA) is 74.8 Å². The van der Waals surface area contributed by atoms with Gasteiger partial charge in [0.05, 0.1) is 11.9 Å². The first-order valence-corrected chi connectivity index (χ1v) is 5.54. The lowest BCUT2D eigenvalue weighted by molar-refractivity contribution is 0.102. The first kappa shape index (κ1) is 12.4. The Hall–Kier alpha value is -2.07. The molecular weight excluding hydrogens is 256 g/mol. The van der Waals surface area contributed by atoms with E-state index in [-0.39, 0.29) is 16.9 Å². The predicted molar refractivity (Wildman–Crippen MR) is 67.7 cm³/mol. The summed E-state index contributed by atoms with van der Waals surface area (Å²) < 4.78 is 13.1. The van der Waals surface area contributed by atoms with Crippen molar-refractivity contribution in [3.05, 3.63) is 41.5 Å². The van der Waals surface area contributed by atoms with E-state index in [2.05, 4.69) is 24.8 Å². The van der Waals surface area contributed by atoms with Crippen molar-refractivity contribution in [2.75, 3.05) is 5.32 Å².